The van der Waals surface area contributed by atoms with Crippen molar-refractivity contribution in [3.63, 3.8) is 0 Å². The van der Waals surface area contributed by atoms with Gasteiger partial charge in [-0.05, 0) is 31.2 Å². The van der Waals surface area contributed by atoms with Gasteiger partial charge in [-0.1, -0.05) is 6.42 Å². The Morgan fingerprint density at radius 2 is 2.24 bits per heavy atom. The summed E-state index contributed by atoms with van der Waals surface area (Å²) in [4.78, 5) is 0. The van der Waals surface area contributed by atoms with Gasteiger partial charge in [-0.25, -0.2) is 0 Å². The molecule has 2 rings (SSSR count). The van der Waals surface area contributed by atoms with E-state index in [1.165, 1.54) is 19.3 Å². The first-order valence-corrected chi connectivity index (χ1v) is 7.14. The van der Waals surface area contributed by atoms with E-state index in [1.54, 1.807) is 7.11 Å². The number of rotatable bonds is 5. The number of nitrogen functional groups attached to an aromatic ring is 1. The number of methoxy groups -OCH3 is 1. The molecule has 0 saturated heterocycles. The van der Waals surface area contributed by atoms with Crippen LogP contribution < -0.4 is 15.8 Å². The molecule has 3 nitrogen and oxygen atoms in total. The van der Waals surface area contributed by atoms with E-state index in [0.29, 0.717) is 4.75 Å². The number of nitrogens with one attached hydrogen (secondary N) is 1. The van der Waals surface area contributed by atoms with Crippen LogP contribution in [0.25, 0.3) is 0 Å². The predicted molar refractivity (Wildman–Crippen MR) is 76.0 cm³/mol. The maximum Gasteiger partial charge on any atom is 0.121 e. The fourth-order valence-corrected chi connectivity index (χ4v) is 3.01. The smallest absolute Gasteiger partial charge is 0.121 e. The third-order valence-electron chi connectivity index (χ3n) is 3.56. The molecule has 0 atom stereocenters. The largest absolute Gasteiger partial charge is 0.497 e. The third kappa shape index (κ3) is 2.63. The van der Waals surface area contributed by atoms with Crippen molar-refractivity contribution in [2.75, 3.05) is 31.0 Å². The Balaban J connectivity index is 2.02. The van der Waals surface area contributed by atoms with Gasteiger partial charge < -0.3 is 15.8 Å². The first-order valence-electron chi connectivity index (χ1n) is 5.92. The van der Waals surface area contributed by atoms with Crippen molar-refractivity contribution in [3.05, 3.63) is 18.2 Å². The van der Waals surface area contributed by atoms with Crippen molar-refractivity contribution in [3.8, 4) is 5.75 Å². The van der Waals surface area contributed by atoms with Gasteiger partial charge >= 0.3 is 0 Å². The first kappa shape index (κ1) is 12.4. The van der Waals surface area contributed by atoms with Crippen LogP contribution in [0.2, 0.25) is 0 Å². The van der Waals surface area contributed by atoms with Crippen molar-refractivity contribution in [2.24, 2.45) is 0 Å². The zero-order chi connectivity index (χ0) is 12.3. The topological polar surface area (TPSA) is 47.3 Å². The highest BCUT2D eigenvalue weighted by molar-refractivity contribution is 8.00. The number of hydrogen-bond donors (Lipinski definition) is 2. The third-order valence-corrected chi connectivity index (χ3v) is 4.98. The van der Waals surface area contributed by atoms with Crippen molar-refractivity contribution < 1.29 is 4.74 Å². The highest BCUT2D eigenvalue weighted by Gasteiger charge is 2.35. The molecule has 4 heteroatoms. The molecule has 17 heavy (non-hydrogen) atoms. The molecule has 0 bridgehead atoms. The lowest BCUT2D eigenvalue weighted by Gasteiger charge is -2.40. The second kappa shape index (κ2) is 5.08. The molecule has 94 valence electrons. The minimum Gasteiger partial charge on any atom is -0.497 e. The zero-order valence-corrected chi connectivity index (χ0v) is 11.3. The predicted octanol–water partition coefficient (Wildman–Crippen LogP) is 2.98. The van der Waals surface area contributed by atoms with Crippen molar-refractivity contribution in [1.82, 2.24) is 0 Å². The van der Waals surface area contributed by atoms with E-state index in [2.05, 4.69) is 11.6 Å². The van der Waals surface area contributed by atoms with Crippen molar-refractivity contribution in [1.29, 1.82) is 0 Å². The fraction of sp³-hybridized carbons (Fsp3) is 0.538. The average Bonchev–Trinajstić information content (AvgIpc) is 2.30. The molecule has 3 N–H and O–H groups in total. The van der Waals surface area contributed by atoms with Gasteiger partial charge in [0.1, 0.15) is 5.75 Å². The van der Waals surface area contributed by atoms with Crippen LogP contribution in [0.3, 0.4) is 0 Å². The van der Waals surface area contributed by atoms with Gasteiger partial charge in [-0.15, -0.1) is 0 Å². The summed E-state index contributed by atoms with van der Waals surface area (Å²) in [6, 6.07) is 5.73. The molecule has 0 aliphatic heterocycles. The maximum absolute atomic E-state index is 5.95. The van der Waals surface area contributed by atoms with Crippen LogP contribution in [0.5, 0.6) is 5.75 Å². The SMILES string of the molecule is COc1ccc(N)c(NCC2(SC)CCC2)c1. The molecule has 1 aromatic rings. The van der Waals surface area contributed by atoms with Gasteiger partial charge in [-0.3, -0.25) is 0 Å². The summed E-state index contributed by atoms with van der Waals surface area (Å²) < 4.78 is 5.62. The monoisotopic (exact) mass is 252 g/mol. The van der Waals surface area contributed by atoms with Crippen LogP contribution in [0.15, 0.2) is 18.2 Å². The number of benzene rings is 1. The van der Waals surface area contributed by atoms with E-state index in [4.69, 9.17) is 10.5 Å². The standard InChI is InChI=1S/C13H20N2OS/c1-16-10-4-5-11(14)12(8-10)15-9-13(17-2)6-3-7-13/h4-5,8,15H,3,6-7,9,14H2,1-2H3. The molecule has 0 aromatic heterocycles. The average molecular weight is 252 g/mol. The van der Waals surface area contributed by atoms with Gasteiger partial charge in [0.05, 0.1) is 18.5 Å². The van der Waals surface area contributed by atoms with Crippen LogP contribution in [-0.2, 0) is 0 Å². The summed E-state index contributed by atoms with van der Waals surface area (Å²) in [7, 11) is 1.67. The van der Waals surface area contributed by atoms with E-state index in [0.717, 1.165) is 23.7 Å². The minimum absolute atomic E-state index is 0.412. The van der Waals surface area contributed by atoms with Gasteiger partial charge in [0.15, 0.2) is 0 Å². The highest BCUT2D eigenvalue weighted by atomic mass is 32.2. The fourth-order valence-electron chi connectivity index (χ4n) is 2.10. The molecule has 0 amide bonds. The molecule has 0 heterocycles. The van der Waals surface area contributed by atoms with E-state index < -0.39 is 0 Å². The lowest BCUT2D eigenvalue weighted by Crippen LogP contribution is -2.40. The summed E-state index contributed by atoms with van der Waals surface area (Å²) in [6.45, 7) is 0.978. The zero-order valence-electron chi connectivity index (χ0n) is 10.5. The maximum atomic E-state index is 5.95. The Labute approximate surface area is 107 Å². The molecule has 1 saturated carbocycles. The Hall–Kier alpha value is -1.03. The van der Waals surface area contributed by atoms with Crippen LogP contribution in [0, 0.1) is 0 Å². The highest BCUT2D eigenvalue weighted by Crippen LogP contribution is 2.43. The molecule has 0 spiro atoms. The van der Waals surface area contributed by atoms with Gasteiger partial charge in [0.2, 0.25) is 0 Å². The van der Waals surface area contributed by atoms with E-state index in [-0.39, 0.29) is 0 Å². The molecular formula is C13H20N2OS. The lowest BCUT2D eigenvalue weighted by molar-refractivity contribution is 0.380. The number of nitrogens with two attached hydrogens (primary N) is 1. The van der Waals surface area contributed by atoms with Gasteiger partial charge in [0.25, 0.3) is 0 Å². The molecule has 1 fully saturated rings. The van der Waals surface area contributed by atoms with Crippen LogP contribution >= 0.6 is 11.8 Å². The van der Waals surface area contributed by atoms with Crippen molar-refractivity contribution >= 4 is 23.1 Å². The lowest BCUT2D eigenvalue weighted by atomic mass is 9.84. The Morgan fingerprint density at radius 3 is 2.76 bits per heavy atom. The molecule has 1 aromatic carbocycles. The first-order chi connectivity index (χ1) is 8.19. The van der Waals surface area contributed by atoms with Crippen LogP contribution in [0.4, 0.5) is 11.4 Å². The van der Waals surface area contributed by atoms with Gasteiger partial charge in [-0.2, -0.15) is 11.8 Å². The van der Waals surface area contributed by atoms with Crippen LogP contribution in [0.1, 0.15) is 19.3 Å². The second-order valence-electron chi connectivity index (χ2n) is 4.55. The van der Waals surface area contributed by atoms with E-state index in [9.17, 15) is 0 Å². The summed E-state index contributed by atoms with van der Waals surface area (Å²) in [5.74, 6) is 0.841. The molecule has 0 radical (unpaired) electrons. The Morgan fingerprint density at radius 1 is 1.47 bits per heavy atom. The summed E-state index contributed by atoms with van der Waals surface area (Å²) in [5.41, 5.74) is 7.71. The minimum atomic E-state index is 0.412. The molecule has 0 unspecified atom stereocenters. The molecule has 1 aliphatic carbocycles. The summed E-state index contributed by atoms with van der Waals surface area (Å²) in [5, 5.41) is 3.46. The number of thioether (sulfide) groups is 1. The number of anilines is 2. The summed E-state index contributed by atoms with van der Waals surface area (Å²) in [6.07, 6.45) is 6.13. The Kier molecular flexibility index (Phi) is 3.72. The van der Waals surface area contributed by atoms with Gasteiger partial charge in [0, 0.05) is 17.4 Å². The molecule has 1 aliphatic rings. The quantitative estimate of drug-likeness (QED) is 0.791. The molecular weight excluding hydrogens is 232 g/mol. The summed E-state index contributed by atoms with van der Waals surface area (Å²) >= 11 is 1.96. The number of ether oxygens (including phenoxy) is 1. The van der Waals surface area contributed by atoms with Crippen molar-refractivity contribution in [2.45, 2.75) is 24.0 Å². The Bertz CT molecular complexity index is 385. The van der Waals surface area contributed by atoms with E-state index in [1.807, 2.05) is 30.0 Å². The number of hydrogen-bond acceptors (Lipinski definition) is 4. The normalized spacial score (nSPS) is 17.3. The second-order valence-corrected chi connectivity index (χ2v) is 5.82. The van der Waals surface area contributed by atoms with Crippen LogP contribution in [-0.4, -0.2) is 24.7 Å². The van der Waals surface area contributed by atoms with E-state index >= 15 is 0 Å².